The summed E-state index contributed by atoms with van der Waals surface area (Å²) >= 11 is 1.26. The molecule has 1 amide bonds. The van der Waals surface area contributed by atoms with Crippen molar-refractivity contribution in [3.8, 4) is 0 Å². The molecule has 0 aromatic rings. The fourth-order valence-electron chi connectivity index (χ4n) is 2.34. The standard InChI is InChI=1S/C17H35NO2S/c1-4-7-8-9-10-11-12-13-14-16(19)15-21-17(20)18(5-2)6-3/h16,19H,4-15H2,1-3H3. The maximum atomic E-state index is 11.8. The van der Waals surface area contributed by atoms with Gasteiger partial charge in [0, 0.05) is 18.8 Å². The molecule has 1 atom stereocenters. The number of unbranched alkanes of at least 4 members (excludes halogenated alkanes) is 7. The fraction of sp³-hybridized carbons (Fsp3) is 0.941. The highest BCUT2D eigenvalue weighted by molar-refractivity contribution is 8.13. The molecule has 1 N–H and O–H groups in total. The van der Waals surface area contributed by atoms with E-state index in [2.05, 4.69) is 6.92 Å². The first-order valence-electron chi connectivity index (χ1n) is 8.75. The Hall–Kier alpha value is -0.220. The minimum absolute atomic E-state index is 0.0926. The number of carbonyl (C=O) groups excluding carboxylic acids is 1. The average Bonchev–Trinajstić information content (AvgIpc) is 2.49. The first kappa shape index (κ1) is 20.8. The summed E-state index contributed by atoms with van der Waals surface area (Å²) in [4.78, 5) is 13.6. The predicted octanol–water partition coefficient (Wildman–Crippen LogP) is 5.07. The molecule has 0 fully saturated rings. The molecule has 0 spiro atoms. The topological polar surface area (TPSA) is 40.5 Å². The van der Waals surface area contributed by atoms with Gasteiger partial charge in [0.15, 0.2) is 0 Å². The maximum Gasteiger partial charge on any atom is 0.281 e. The monoisotopic (exact) mass is 317 g/mol. The van der Waals surface area contributed by atoms with Crippen molar-refractivity contribution >= 4 is 17.0 Å². The van der Waals surface area contributed by atoms with Crippen LogP contribution in [0.1, 0.15) is 78.6 Å². The summed E-state index contributed by atoms with van der Waals surface area (Å²) in [6.07, 6.45) is 10.8. The third kappa shape index (κ3) is 12.0. The van der Waals surface area contributed by atoms with E-state index in [9.17, 15) is 9.90 Å². The molecule has 0 aromatic carbocycles. The first-order chi connectivity index (χ1) is 10.2. The zero-order chi connectivity index (χ0) is 15.9. The lowest BCUT2D eigenvalue weighted by Gasteiger charge is -2.18. The summed E-state index contributed by atoms with van der Waals surface area (Å²) in [6, 6.07) is 0. The molecule has 0 bridgehead atoms. The third-order valence-corrected chi connectivity index (χ3v) is 4.87. The van der Waals surface area contributed by atoms with Crippen molar-refractivity contribution in [1.82, 2.24) is 4.90 Å². The molecule has 0 aliphatic rings. The molecule has 0 saturated heterocycles. The smallest absolute Gasteiger partial charge is 0.281 e. The first-order valence-corrected chi connectivity index (χ1v) is 9.73. The van der Waals surface area contributed by atoms with Gasteiger partial charge in [-0.25, -0.2) is 0 Å². The average molecular weight is 318 g/mol. The summed E-state index contributed by atoms with van der Waals surface area (Å²) in [7, 11) is 0. The molecular weight excluding hydrogens is 282 g/mol. The molecule has 126 valence electrons. The van der Waals surface area contributed by atoms with Crippen LogP contribution in [-0.2, 0) is 0 Å². The van der Waals surface area contributed by atoms with Crippen LogP contribution in [0.2, 0.25) is 0 Å². The Kier molecular flexibility index (Phi) is 14.6. The minimum Gasteiger partial charge on any atom is -0.392 e. The summed E-state index contributed by atoms with van der Waals surface area (Å²) < 4.78 is 0. The van der Waals surface area contributed by atoms with E-state index in [1.807, 2.05) is 13.8 Å². The van der Waals surface area contributed by atoms with E-state index in [0.29, 0.717) is 5.75 Å². The van der Waals surface area contributed by atoms with Crippen molar-refractivity contribution < 1.29 is 9.90 Å². The second kappa shape index (κ2) is 14.7. The highest BCUT2D eigenvalue weighted by atomic mass is 32.2. The number of hydrogen-bond donors (Lipinski definition) is 1. The van der Waals surface area contributed by atoms with Crippen LogP contribution in [-0.4, -0.2) is 40.2 Å². The molecule has 0 radical (unpaired) electrons. The van der Waals surface area contributed by atoms with Gasteiger partial charge < -0.3 is 10.0 Å². The van der Waals surface area contributed by atoms with E-state index in [1.54, 1.807) is 4.90 Å². The number of aliphatic hydroxyl groups excluding tert-OH is 1. The maximum absolute atomic E-state index is 11.8. The van der Waals surface area contributed by atoms with Crippen LogP contribution in [0.25, 0.3) is 0 Å². The normalized spacial score (nSPS) is 12.4. The number of amides is 1. The summed E-state index contributed by atoms with van der Waals surface area (Å²) in [5.74, 6) is 0.534. The lowest BCUT2D eigenvalue weighted by Crippen LogP contribution is -2.28. The molecule has 0 aromatic heterocycles. The quantitative estimate of drug-likeness (QED) is 0.482. The van der Waals surface area contributed by atoms with Crippen LogP contribution in [0.4, 0.5) is 4.79 Å². The van der Waals surface area contributed by atoms with Crippen molar-refractivity contribution in [3.63, 3.8) is 0 Å². The van der Waals surface area contributed by atoms with Gasteiger partial charge in [0.05, 0.1) is 6.10 Å². The lowest BCUT2D eigenvalue weighted by molar-refractivity contribution is 0.184. The van der Waals surface area contributed by atoms with Crippen LogP contribution in [0.3, 0.4) is 0 Å². The molecule has 3 nitrogen and oxygen atoms in total. The number of hydrogen-bond acceptors (Lipinski definition) is 3. The van der Waals surface area contributed by atoms with E-state index in [1.165, 1.54) is 56.7 Å². The third-order valence-electron chi connectivity index (χ3n) is 3.81. The van der Waals surface area contributed by atoms with Gasteiger partial charge in [-0.2, -0.15) is 0 Å². The van der Waals surface area contributed by atoms with Crippen molar-refractivity contribution in [2.45, 2.75) is 84.7 Å². The molecule has 4 heteroatoms. The van der Waals surface area contributed by atoms with Crippen molar-refractivity contribution in [2.24, 2.45) is 0 Å². The number of rotatable bonds is 13. The van der Waals surface area contributed by atoms with Crippen LogP contribution in [0.5, 0.6) is 0 Å². The van der Waals surface area contributed by atoms with Gasteiger partial charge in [-0.1, -0.05) is 70.1 Å². The molecule has 0 saturated carbocycles. The number of aliphatic hydroxyl groups is 1. The zero-order valence-corrected chi connectivity index (χ0v) is 15.1. The Bertz CT molecular complexity index is 245. The van der Waals surface area contributed by atoms with Crippen molar-refractivity contribution in [2.75, 3.05) is 18.8 Å². The Labute approximate surface area is 135 Å². The van der Waals surface area contributed by atoms with Crippen LogP contribution >= 0.6 is 11.8 Å². The van der Waals surface area contributed by atoms with Gasteiger partial charge in [0.2, 0.25) is 0 Å². The van der Waals surface area contributed by atoms with E-state index in [4.69, 9.17) is 0 Å². The molecule has 1 unspecified atom stereocenters. The number of nitrogens with zero attached hydrogens (tertiary/aromatic N) is 1. The molecule has 0 aliphatic carbocycles. The van der Waals surface area contributed by atoms with Gasteiger partial charge in [-0.15, -0.1) is 0 Å². The van der Waals surface area contributed by atoms with Crippen LogP contribution < -0.4 is 0 Å². The Balaban J connectivity index is 3.46. The van der Waals surface area contributed by atoms with Crippen LogP contribution in [0.15, 0.2) is 0 Å². The molecule has 0 aliphatic heterocycles. The van der Waals surface area contributed by atoms with E-state index in [-0.39, 0.29) is 11.3 Å². The highest BCUT2D eigenvalue weighted by Crippen LogP contribution is 2.15. The van der Waals surface area contributed by atoms with Gasteiger partial charge in [0.1, 0.15) is 0 Å². The highest BCUT2D eigenvalue weighted by Gasteiger charge is 2.13. The van der Waals surface area contributed by atoms with Gasteiger partial charge in [-0.05, 0) is 20.3 Å². The van der Waals surface area contributed by atoms with Gasteiger partial charge in [-0.3, -0.25) is 4.79 Å². The predicted molar refractivity (Wildman–Crippen MR) is 94.0 cm³/mol. The lowest BCUT2D eigenvalue weighted by atomic mass is 10.1. The van der Waals surface area contributed by atoms with E-state index >= 15 is 0 Å². The fourth-order valence-corrected chi connectivity index (χ4v) is 3.28. The zero-order valence-electron chi connectivity index (χ0n) is 14.3. The number of carbonyl (C=O) groups is 1. The summed E-state index contributed by atoms with van der Waals surface area (Å²) in [5, 5.41) is 10.00. The molecule has 0 heterocycles. The second-order valence-corrected chi connectivity index (χ2v) is 6.64. The Morgan fingerprint density at radius 1 is 0.952 bits per heavy atom. The molecule has 0 rings (SSSR count). The second-order valence-electron chi connectivity index (χ2n) is 5.67. The largest absolute Gasteiger partial charge is 0.392 e. The Morgan fingerprint density at radius 3 is 2.00 bits per heavy atom. The van der Waals surface area contributed by atoms with Crippen LogP contribution in [0, 0.1) is 0 Å². The van der Waals surface area contributed by atoms with E-state index < -0.39 is 0 Å². The SMILES string of the molecule is CCCCCCCCCCC(O)CSC(=O)N(CC)CC. The van der Waals surface area contributed by atoms with E-state index in [0.717, 1.165) is 25.9 Å². The van der Waals surface area contributed by atoms with Gasteiger partial charge >= 0.3 is 0 Å². The van der Waals surface area contributed by atoms with Crippen molar-refractivity contribution in [3.05, 3.63) is 0 Å². The summed E-state index contributed by atoms with van der Waals surface area (Å²) in [6.45, 7) is 7.70. The van der Waals surface area contributed by atoms with Crippen molar-refractivity contribution in [1.29, 1.82) is 0 Å². The van der Waals surface area contributed by atoms with Gasteiger partial charge in [0.25, 0.3) is 5.24 Å². The summed E-state index contributed by atoms with van der Waals surface area (Å²) in [5.41, 5.74) is 0. The molecular formula is C17H35NO2S. The number of thioether (sulfide) groups is 1. The molecule has 21 heavy (non-hydrogen) atoms. The minimum atomic E-state index is -0.338. The Morgan fingerprint density at radius 2 is 1.48 bits per heavy atom.